The summed E-state index contributed by atoms with van der Waals surface area (Å²) in [5.74, 6) is 0.806. The molecule has 2 aromatic rings. The summed E-state index contributed by atoms with van der Waals surface area (Å²) in [6.07, 6.45) is 0. The molecule has 1 aliphatic rings. The number of nitrogens with zero attached hydrogens (tertiary/aromatic N) is 3. The van der Waals surface area contributed by atoms with Crippen LogP contribution < -0.4 is 10.1 Å². The van der Waals surface area contributed by atoms with Crippen molar-refractivity contribution in [1.29, 1.82) is 5.26 Å². The minimum absolute atomic E-state index is 0.101. The van der Waals surface area contributed by atoms with Gasteiger partial charge in [-0.25, -0.2) is 4.79 Å². The van der Waals surface area contributed by atoms with Crippen LogP contribution in [0.15, 0.2) is 54.6 Å². The van der Waals surface area contributed by atoms with Gasteiger partial charge in [-0.2, -0.15) is 5.26 Å². The first kappa shape index (κ1) is 18.7. The van der Waals surface area contributed by atoms with Crippen LogP contribution in [0, 0.1) is 11.3 Å². The van der Waals surface area contributed by atoms with Crippen molar-refractivity contribution in [3.8, 4) is 11.8 Å². The first-order valence-electron chi connectivity index (χ1n) is 9.18. The largest absolute Gasteiger partial charge is 0.494 e. The zero-order chi connectivity index (χ0) is 19.1. The highest BCUT2D eigenvalue weighted by atomic mass is 16.5. The molecular weight excluding hydrogens is 340 g/mol. The van der Waals surface area contributed by atoms with Crippen molar-refractivity contribution in [3.05, 3.63) is 60.2 Å². The molecule has 1 heterocycles. The fraction of sp³-hybridized carbons (Fsp3) is 0.333. The second-order valence-electron chi connectivity index (χ2n) is 6.35. The van der Waals surface area contributed by atoms with Crippen LogP contribution in [0.1, 0.15) is 18.5 Å². The lowest BCUT2D eigenvalue weighted by atomic mass is 10.1. The average Bonchev–Trinajstić information content (AvgIpc) is 2.71. The summed E-state index contributed by atoms with van der Waals surface area (Å²) in [6.45, 7) is 5.07. The van der Waals surface area contributed by atoms with Crippen LogP contribution in [0.3, 0.4) is 0 Å². The molecule has 0 spiro atoms. The van der Waals surface area contributed by atoms with Crippen molar-refractivity contribution >= 4 is 11.7 Å². The maximum Gasteiger partial charge on any atom is 0.321 e. The van der Waals surface area contributed by atoms with Gasteiger partial charge in [0.2, 0.25) is 0 Å². The van der Waals surface area contributed by atoms with Gasteiger partial charge < -0.3 is 15.0 Å². The molecule has 1 unspecified atom stereocenters. The van der Waals surface area contributed by atoms with Gasteiger partial charge in [-0.05, 0) is 36.8 Å². The molecule has 1 aliphatic heterocycles. The highest BCUT2D eigenvalue weighted by Gasteiger charge is 2.27. The number of benzene rings is 2. The standard InChI is InChI=1S/C21H24N4O2/c1-2-27-19-10-8-17(9-11-19)20(16-22)24-12-14-25(15-13-24)21(26)23-18-6-4-3-5-7-18/h3-11,20H,2,12-15H2,1H3,(H,23,26). The Morgan fingerprint density at radius 2 is 1.78 bits per heavy atom. The molecule has 2 aromatic carbocycles. The number of urea groups is 1. The van der Waals surface area contributed by atoms with E-state index in [1.165, 1.54) is 0 Å². The number of hydrogen-bond donors (Lipinski definition) is 1. The topological polar surface area (TPSA) is 68.6 Å². The van der Waals surface area contributed by atoms with Crippen molar-refractivity contribution in [1.82, 2.24) is 9.80 Å². The minimum atomic E-state index is -0.319. The second-order valence-corrected chi connectivity index (χ2v) is 6.35. The van der Waals surface area contributed by atoms with E-state index in [0.29, 0.717) is 32.8 Å². The summed E-state index contributed by atoms with van der Waals surface area (Å²) in [5, 5.41) is 12.6. The lowest BCUT2D eigenvalue weighted by molar-refractivity contribution is 0.131. The number of piperazine rings is 1. The normalized spacial score (nSPS) is 15.6. The fourth-order valence-electron chi connectivity index (χ4n) is 3.19. The lowest BCUT2D eigenvalue weighted by Gasteiger charge is -2.37. The monoisotopic (exact) mass is 364 g/mol. The second kappa shape index (κ2) is 9.06. The summed E-state index contributed by atoms with van der Waals surface area (Å²) < 4.78 is 5.46. The third kappa shape index (κ3) is 4.78. The van der Waals surface area contributed by atoms with Crippen molar-refractivity contribution in [3.63, 3.8) is 0 Å². The van der Waals surface area contributed by atoms with Gasteiger partial charge in [0, 0.05) is 31.9 Å². The van der Waals surface area contributed by atoms with Crippen molar-refractivity contribution < 1.29 is 9.53 Å². The smallest absolute Gasteiger partial charge is 0.321 e. The molecule has 3 rings (SSSR count). The van der Waals surface area contributed by atoms with Gasteiger partial charge >= 0.3 is 6.03 Å². The van der Waals surface area contributed by atoms with Crippen molar-refractivity contribution in [2.45, 2.75) is 13.0 Å². The van der Waals surface area contributed by atoms with Gasteiger partial charge in [-0.1, -0.05) is 30.3 Å². The maximum atomic E-state index is 12.4. The van der Waals surface area contributed by atoms with E-state index >= 15 is 0 Å². The van der Waals surface area contributed by atoms with Crippen molar-refractivity contribution in [2.75, 3.05) is 38.1 Å². The zero-order valence-corrected chi connectivity index (χ0v) is 15.5. The Morgan fingerprint density at radius 1 is 1.11 bits per heavy atom. The number of nitriles is 1. The van der Waals surface area contributed by atoms with E-state index in [0.717, 1.165) is 17.0 Å². The Kier molecular flexibility index (Phi) is 6.29. The summed E-state index contributed by atoms with van der Waals surface area (Å²) >= 11 is 0. The van der Waals surface area contributed by atoms with E-state index in [9.17, 15) is 10.1 Å². The Hall–Kier alpha value is -3.04. The Balaban J connectivity index is 1.57. The molecule has 1 saturated heterocycles. The van der Waals surface area contributed by atoms with Gasteiger partial charge in [-0.15, -0.1) is 0 Å². The fourth-order valence-corrected chi connectivity index (χ4v) is 3.19. The van der Waals surface area contributed by atoms with Crippen LogP contribution >= 0.6 is 0 Å². The van der Waals surface area contributed by atoms with E-state index in [1.54, 1.807) is 4.90 Å². The molecule has 1 N–H and O–H groups in total. The summed E-state index contributed by atoms with van der Waals surface area (Å²) in [4.78, 5) is 16.3. The molecule has 140 valence electrons. The number of carbonyl (C=O) groups is 1. The van der Waals surface area contributed by atoms with E-state index in [-0.39, 0.29) is 12.1 Å². The summed E-state index contributed by atoms with van der Waals surface area (Å²) in [7, 11) is 0. The molecule has 0 saturated carbocycles. The molecule has 27 heavy (non-hydrogen) atoms. The van der Waals surface area contributed by atoms with Crippen LogP contribution in [0.25, 0.3) is 0 Å². The number of hydrogen-bond acceptors (Lipinski definition) is 4. The van der Waals surface area contributed by atoms with Gasteiger partial charge in [0.1, 0.15) is 11.8 Å². The molecule has 6 heteroatoms. The molecule has 0 bridgehead atoms. The molecule has 1 fully saturated rings. The lowest BCUT2D eigenvalue weighted by Crippen LogP contribution is -2.50. The molecule has 6 nitrogen and oxygen atoms in total. The SMILES string of the molecule is CCOc1ccc(C(C#N)N2CCN(C(=O)Nc3ccccc3)CC2)cc1. The first-order valence-corrected chi connectivity index (χ1v) is 9.18. The number of anilines is 1. The van der Waals surface area contributed by atoms with E-state index in [1.807, 2.05) is 61.5 Å². The zero-order valence-electron chi connectivity index (χ0n) is 15.5. The van der Waals surface area contributed by atoms with Crippen LogP contribution in [0.2, 0.25) is 0 Å². The number of rotatable bonds is 5. The van der Waals surface area contributed by atoms with E-state index in [2.05, 4.69) is 16.3 Å². The highest BCUT2D eigenvalue weighted by Crippen LogP contribution is 2.24. The third-order valence-corrected chi connectivity index (χ3v) is 4.62. The molecule has 0 aromatic heterocycles. The van der Waals surface area contributed by atoms with Crippen LogP contribution in [0.5, 0.6) is 5.75 Å². The predicted molar refractivity (Wildman–Crippen MR) is 105 cm³/mol. The van der Waals surface area contributed by atoms with E-state index < -0.39 is 0 Å². The molecular formula is C21H24N4O2. The first-order chi connectivity index (χ1) is 13.2. The van der Waals surface area contributed by atoms with Crippen LogP contribution in [-0.2, 0) is 0 Å². The molecule has 0 radical (unpaired) electrons. The van der Waals surface area contributed by atoms with Crippen molar-refractivity contribution in [2.24, 2.45) is 0 Å². The summed E-state index contributed by atoms with van der Waals surface area (Å²) in [6, 6.07) is 19.1. The molecule has 2 amide bonds. The highest BCUT2D eigenvalue weighted by molar-refractivity contribution is 5.89. The quantitative estimate of drug-likeness (QED) is 0.882. The number of para-hydroxylation sites is 1. The summed E-state index contributed by atoms with van der Waals surface area (Å²) in [5.41, 5.74) is 1.73. The maximum absolute atomic E-state index is 12.4. The number of carbonyl (C=O) groups excluding carboxylic acids is 1. The van der Waals surface area contributed by atoms with Gasteiger partial charge in [0.15, 0.2) is 0 Å². The van der Waals surface area contributed by atoms with Gasteiger partial charge in [0.25, 0.3) is 0 Å². The minimum Gasteiger partial charge on any atom is -0.494 e. The Labute approximate surface area is 160 Å². The Morgan fingerprint density at radius 3 is 2.37 bits per heavy atom. The van der Waals surface area contributed by atoms with Gasteiger partial charge in [0.05, 0.1) is 12.7 Å². The molecule has 1 atom stereocenters. The van der Waals surface area contributed by atoms with E-state index in [4.69, 9.17) is 4.74 Å². The third-order valence-electron chi connectivity index (χ3n) is 4.62. The number of nitrogens with one attached hydrogen (secondary N) is 1. The van der Waals surface area contributed by atoms with Crippen LogP contribution in [-0.4, -0.2) is 48.6 Å². The average molecular weight is 364 g/mol. The number of amides is 2. The number of ether oxygens (including phenoxy) is 1. The van der Waals surface area contributed by atoms with Crippen LogP contribution in [0.4, 0.5) is 10.5 Å². The predicted octanol–water partition coefficient (Wildman–Crippen LogP) is 3.50. The Bertz CT molecular complexity index is 778. The van der Waals surface area contributed by atoms with Gasteiger partial charge in [-0.3, -0.25) is 4.90 Å². The molecule has 0 aliphatic carbocycles.